The fourth-order valence-electron chi connectivity index (χ4n) is 2.29. The molecule has 1 saturated carbocycles. The second kappa shape index (κ2) is 6.50. The van der Waals surface area contributed by atoms with Crippen LogP contribution in [-0.4, -0.2) is 29.2 Å². The monoisotopic (exact) mass is 271 g/mol. The molecule has 2 rings (SSSR count). The molecule has 0 unspecified atom stereocenters. The molecular weight excluding hydrogens is 253 g/mol. The molecule has 0 amide bonds. The van der Waals surface area contributed by atoms with Crippen molar-refractivity contribution in [2.75, 3.05) is 13.2 Å². The SMILES string of the molecule is OCCCN(Cc1ccc(F)c(Cl)c1)C1CCC1. The van der Waals surface area contributed by atoms with Gasteiger partial charge < -0.3 is 5.11 Å². The van der Waals surface area contributed by atoms with E-state index in [1.54, 1.807) is 12.1 Å². The summed E-state index contributed by atoms with van der Waals surface area (Å²) in [6.07, 6.45) is 4.51. The first-order valence-corrected chi connectivity index (χ1v) is 6.87. The Hall–Kier alpha value is -0.640. The molecule has 18 heavy (non-hydrogen) atoms. The lowest BCUT2D eigenvalue weighted by Gasteiger charge is -2.37. The van der Waals surface area contributed by atoms with Crippen LogP contribution in [-0.2, 0) is 6.54 Å². The normalized spacial score (nSPS) is 16.0. The first-order chi connectivity index (χ1) is 8.70. The fraction of sp³-hybridized carbons (Fsp3) is 0.571. The zero-order valence-corrected chi connectivity index (χ0v) is 11.2. The number of rotatable bonds is 6. The van der Waals surface area contributed by atoms with Crippen molar-refractivity contribution in [3.8, 4) is 0 Å². The maximum absolute atomic E-state index is 13.1. The Morgan fingerprint density at radius 2 is 2.17 bits per heavy atom. The summed E-state index contributed by atoms with van der Waals surface area (Å²) in [5.41, 5.74) is 1.03. The van der Waals surface area contributed by atoms with Gasteiger partial charge in [-0.1, -0.05) is 24.1 Å². The first-order valence-electron chi connectivity index (χ1n) is 6.49. The summed E-state index contributed by atoms with van der Waals surface area (Å²) in [5, 5.41) is 9.12. The number of hydrogen-bond donors (Lipinski definition) is 1. The average Bonchev–Trinajstić information content (AvgIpc) is 2.28. The summed E-state index contributed by atoms with van der Waals surface area (Å²) in [6.45, 7) is 1.88. The molecule has 0 heterocycles. The van der Waals surface area contributed by atoms with Gasteiger partial charge in [0.05, 0.1) is 5.02 Å². The van der Waals surface area contributed by atoms with Gasteiger partial charge in [0.15, 0.2) is 0 Å². The van der Waals surface area contributed by atoms with Crippen LogP contribution in [0.25, 0.3) is 0 Å². The first kappa shape index (κ1) is 13.8. The van der Waals surface area contributed by atoms with E-state index >= 15 is 0 Å². The van der Waals surface area contributed by atoms with Gasteiger partial charge in [-0.05, 0) is 37.0 Å². The average molecular weight is 272 g/mol. The van der Waals surface area contributed by atoms with Gasteiger partial charge in [0.1, 0.15) is 5.82 Å². The van der Waals surface area contributed by atoms with Crippen LogP contribution in [0.1, 0.15) is 31.2 Å². The van der Waals surface area contributed by atoms with E-state index in [4.69, 9.17) is 16.7 Å². The Bertz CT molecular complexity index is 395. The molecular formula is C14H19ClFNO. The van der Waals surface area contributed by atoms with Crippen LogP contribution in [0.5, 0.6) is 0 Å². The van der Waals surface area contributed by atoms with Crippen molar-refractivity contribution in [3.05, 3.63) is 34.6 Å². The molecule has 4 heteroatoms. The van der Waals surface area contributed by atoms with Crippen molar-refractivity contribution in [1.82, 2.24) is 4.90 Å². The van der Waals surface area contributed by atoms with Gasteiger partial charge in [0.2, 0.25) is 0 Å². The standard InChI is InChI=1S/C14H19ClFNO/c15-13-9-11(5-6-14(13)16)10-17(7-2-8-18)12-3-1-4-12/h5-6,9,12,18H,1-4,7-8,10H2. The molecule has 1 N–H and O–H groups in total. The smallest absolute Gasteiger partial charge is 0.141 e. The summed E-state index contributed by atoms with van der Waals surface area (Å²) in [6, 6.07) is 5.51. The van der Waals surface area contributed by atoms with E-state index in [-0.39, 0.29) is 17.4 Å². The maximum Gasteiger partial charge on any atom is 0.141 e. The van der Waals surface area contributed by atoms with Crippen LogP contribution in [0.3, 0.4) is 0 Å². The molecule has 0 radical (unpaired) electrons. The van der Waals surface area contributed by atoms with E-state index in [1.807, 2.05) is 0 Å². The third kappa shape index (κ3) is 3.44. The topological polar surface area (TPSA) is 23.5 Å². The lowest BCUT2D eigenvalue weighted by atomic mass is 9.91. The maximum atomic E-state index is 13.1. The van der Waals surface area contributed by atoms with Gasteiger partial charge in [-0.25, -0.2) is 4.39 Å². The van der Waals surface area contributed by atoms with Crippen molar-refractivity contribution in [1.29, 1.82) is 0 Å². The Kier molecular flexibility index (Phi) is 4.98. The van der Waals surface area contributed by atoms with Crippen molar-refractivity contribution >= 4 is 11.6 Å². The summed E-state index contributed by atoms with van der Waals surface area (Å²) >= 11 is 5.80. The van der Waals surface area contributed by atoms with Crippen LogP contribution >= 0.6 is 11.6 Å². The molecule has 0 aliphatic heterocycles. The number of nitrogens with zero attached hydrogens (tertiary/aromatic N) is 1. The number of halogens is 2. The van der Waals surface area contributed by atoms with E-state index in [0.717, 1.165) is 25.1 Å². The number of aliphatic hydroxyl groups is 1. The second-order valence-corrected chi connectivity index (χ2v) is 5.29. The summed E-state index contributed by atoms with van der Waals surface area (Å²) < 4.78 is 13.1. The third-order valence-electron chi connectivity index (χ3n) is 3.56. The van der Waals surface area contributed by atoms with Gasteiger partial charge >= 0.3 is 0 Å². The Morgan fingerprint density at radius 1 is 1.39 bits per heavy atom. The Morgan fingerprint density at radius 3 is 2.72 bits per heavy atom. The van der Waals surface area contributed by atoms with Crippen LogP contribution < -0.4 is 0 Å². The van der Waals surface area contributed by atoms with Crippen molar-refractivity contribution in [3.63, 3.8) is 0 Å². The zero-order valence-electron chi connectivity index (χ0n) is 10.4. The van der Waals surface area contributed by atoms with Gasteiger partial charge in [-0.15, -0.1) is 0 Å². The number of aliphatic hydroxyl groups excluding tert-OH is 1. The summed E-state index contributed by atoms with van der Waals surface area (Å²) in [7, 11) is 0. The largest absolute Gasteiger partial charge is 0.396 e. The van der Waals surface area contributed by atoms with Crippen LogP contribution in [0.15, 0.2) is 18.2 Å². The molecule has 0 spiro atoms. The molecule has 0 aromatic heterocycles. The predicted molar refractivity (Wildman–Crippen MR) is 71.2 cm³/mol. The van der Waals surface area contributed by atoms with Gasteiger partial charge in [-0.2, -0.15) is 0 Å². The highest BCUT2D eigenvalue weighted by atomic mass is 35.5. The quantitative estimate of drug-likeness (QED) is 0.859. The minimum absolute atomic E-state index is 0.184. The third-order valence-corrected chi connectivity index (χ3v) is 3.85. The molecule has 1 aliphatic rings. The molecule has 100 valence electrons. The minimum Gasteiger partial charge on any atom is -0.396 e. The fourth-order valence-corrected chi connectivity index (χ4v) is 2.49. The molecule has 2 nitrogen and oxygen atoms in total. The lowest BCUT2D eigenvalue weighted by Crippen LogP contribution is -2.40. The molecule has 0 saturated heterocycles. The molecule has 1 aromatic rings. The second-order valence-electron chi connectivity index (χ2n) is 4.88. The van der Waals surface area contributed by atoms with E-state index < -0.39 is 0 Å². The molecule has 0 bridgehead atoms. The van der Waals surface area contributed by atoms with E-state index in [9.17, 15) is 4.39 Å². The molecule has 1 aromatic carbocycles. The highest BCUT2D eigenvalue weighted by Crippen LogP contribution is 2.27. The predicted octanol–water partition coefficient (Wildman–Crippen LogP) is 3.22. The minimum atomic E-state index is -0.369. The van der Waals surface area contributed by atoms with Crippen LogP contribution in [0.4, 0.5) is 4.39 Å². The van der Waals surface area contributed by atoms with Crippen molar-refractivity contribution in [2.45, 2.75) is 38.3 Å². The molecule has 1 aliphatic carbocycles. The van der Waals surface area contributed by atoms with Crippen LogP contribution in [0.2, 0.25) is 5.02 Å². The van der Waals surface area contributed by atoms with Gasteiger partial charge in [0.25, 0.3) is 0 Å². The number of benzene rings is 1. The van der Waals surface area contributed by atoms with E-state index in [0.29, 0.717) is 6.04 Å². The Labute approximate surface area is 112 Å². The van der Waals surface area contributed by atoms with Gasteiger partial charge in [-0.3, -0.25) is 4.90 Å². The van der Waals surface area contributed by atoms with Crippen molar-refractivity contribution in [2.24, 2.45) is 0 Å². The number of hydrogen-bond acceptors (Lipinski definition) is 2. The summed E-state index contributed by atoms with van der Waals surface area (Å²) in [5.74, 6) is -0.369. The lowest BCUT2D eigenvalue weighted by molar-refractivity contribution is 0.109. The highest BCUT2D eigenvalue weighted by Gasteiger charge is 2.24. The van der Waals surface area contributed by atoms with E-state index in [2.05, 4.69) is 4.90 Å². The zero-order chi connectivity index (χ0) is 13.0. The highest BCUT2D eigenvalue weighted by molar-refractivity contribution is 6.30. The van der Waals surface area contributed by atoms with Gasteiger partial charge in [0, 0.05) is 25.7 Å². The van der Waals surface area contributed by atoms with Crippen LogP contribution in [0, 0.1) is 5.82 Å². The van der Waals surface area contributed by atoms with E-state index in [1.165, 1.54) is 25.3 Å². The molecule has 0 atom stereocenters. The summed E-state index contributed by atoms with van der Waals surface area (Å²) in [4.78, 5) is 2.36. The molecule has 1 fully saturated rings. The van der Waals surface area contributed by atoms with Crippen molar-refractivity contribution < 1.29 is 9.50 Å². The Balaban J connectivity index is 1.99.